The lowest BCUT2D eigenvalue weighted by Crippen LogP contribution is -2.27. The Labute approximate surface area is 88.0 Å². The van der Waals surface area contributed by atoms with Gasteiger partial charge in [0.25, 0.3) is 0 Å². The molecule has 0 N–H and O–H groups in total. The summed E-state index contributed by atoms with van der Waals surface area (Å²) in [5.41, 5.74) is 0. The molecule has 0 saturated heterocycles. The predicted octanol–water partition coefficient (Wildman–Crippen LogP) is 2.15. The second-order valence-electron chi connectivity index (χ2n) is 3.36. The van der Waals surface area contributed by atoms with Gasteiger partial charge >= 0.3 is 0 Å². The molecule has 13 heavy (non-hydrogen) atoms. The molecule has 0 saturated carbocycles. The summed E-state index contributed by atoms with van der Waals surface area (Å²) in [6, 6.07) is 0. The first-order chi connectivity index (χ1) is 6.06. The Balaban J connectivity index is 3.09. The lowest BCUT2D eigenvalue weighted by Gasteiger charge is -2.08. The highest BCUT2D eigenvalue weighted by Crippen LogP contribution is 2.04. The zero-order valence-electron chi connectivity index (χ0n) is 8.17. The molecular weight excluding hydrogens is 198 g/mol. The van der Waals surface area contributed by atoms with E-state index in [0.717, 1.165) is 20.4 Å². The molecule has 1 aromatic rings. The van der Waals surface area contributed by atoms with Gasteiger partial charge in [0.1, 0.15) is 0 Å². The highest BCUT2D eigenvalue weighted by Gasteiger charge is 2.03. The van der Waals surface area contributed by atoms with Gasteiger partial charge in [-0.1, -0.05) is 33.4 Å². The molecule has 1 unspecified atom stereocenters. The second kappa shape index (κ2) is 4.20. The predicted molar refractivity (Wildman–Crippen MR) is 62.9 cm³/mol. The van der Waals surface area contributed by atoms with Gasteiger partial charge in [-0.25, -0.2) is 0 Å². The average Bonchev–Trinajstić information content (AvgIpc) is 2.32. The fourth-order valence-corrected chi connectivity index (χ4v) is 2.33. The van der Waals surface area contributed by atoms with E-state index < -0.39 is 0 Å². The summed E-state index contributed by atoms with van der Waals surface area (Å²) in [5.74, 6) is 0.654. The highest BCUT2D eigenvalue weighted by molar-refractivity contribution is 7.73. The van der Waals surface area contributed by atoms with Gasteiger partial charge in [0.2, 0.25) is 0 Å². The molecule has 1 atom stereocenters. The van der Waals surface area contributed by atoms with E-state index in [-0.39, 0.29) is 0 Å². The summed E-state index contributed by atoms with van der Waals surface area (Å²) in [6.07, 6.45) is 1.17. The SMILES string of the molecule is C=c1sc(=S)n(CC(C)CC)c1=C. The van der Waals surface area contributed by atoms with E-state index in [9.17, 15) is 0 Å². The van der Waals surface area contributed by atoms with E-state index >= 15 is 0 Å². The number of rotatable bonds is 3. The molecule has 1 heterocycles. The number of aromatic nitrogens is 1. The maximum absolute atomic E-state index is 5.23. The van der Waals surface area contributed by atoms with Crippen molar-refractivity contribution in [1.82, 2.24) is 4.57 Å². The van der Waals surface area contributed by atoms with Crippen LogP contribution >= 0.6 is 23.6 Å². The molecule has 0 fully saturated rings. The van der Waals surface area contributed by atoms with Crippen molar-refractivity contribution < 1.29 is 0 Å². The second-order valence-corrected chi connectivity index (χ2v) is 5.09. The molecule has 1 nitrogen and oxygen atoms in total. The molecule has 0 bridgehead atoms. The van der Waals surface area contributed by atoms with Crippen LogP contribution in [0.25, 0.3) is 13.2 Å². The molecule has 0 spiro atoms. The molecule has 0 aliphatic rings. The van der Waals surface area contributed by atoms with Gasteiger partial charge in [0.15, 0.2) is 3.95 Å². The Kier molecular flexibility index (Phi) is 3.45. The Hall–Kier alpha value is -0.410. The Morgan fingerprint density at radius 1 is 1.54 bits per heavy atom. The first kappa shape index (κ1) is 10.7. The lowest BCUT2D eigenvalue weighted by atomic mass is 10.1. The summed E-state index contributed by atoms with van der Waals surface area (Å²) in [4.78, 5) is 0. The van der Waals surface area contributed by atoms with Crippen molar-refractivity contribution in [2.45, 2.75) is 26.8 Å². The van der Waals surface area contributed by atoms with E-state index in [1.807, 2.05) is 0 Å². The zero-order valence-corrected chi connectivity index (χ0v) is 9.80. The summed E-state index contributed by atoms with van der Waals surface area (Å²) >= 11 is 6.78. The molecule has 72 valence electrons. The minimum Gasteiger partial charge on any atom is -0.323 e. The van der Waals surface area contributed by atoms with Crippen LogP contribution in [0.5, 0.6) is 0 Å². The first-order valence-electron chi connectivity index (χ1n) is 4.43. The van der Waals surface area contributed by atoms with Gasteiger partial charge < -0.3 is 4.57 Å². The van der Waals surface area contributed by atoms with Crippen molar-refractivity contribution in [3.8, 4) is 0 Å². The van der Waals surface area contributed by atoms with Crippen molar-refractivity contribution >= 4 is 36.7 Å². The minimum atomic E-state index is 0.654. The van der Waals surface area contributed by atoms with Crippen molar-refractivity contribution in [2.24, 2.45) is 5.92 Å². The summed E-state index contributed by atoms with van der Waals surface area (Å²) < 4.78 is 3.99. The largest absolute Gasteiger partial charge is 0.323 e. The summed E-state index contributed by atoms with van der Waals surface area (Å²) in [6.45, 7) is 13.3. The molecule has 1 aromatic heterocycles. The van der Waals surface area contributed by atoms with Gasteiger partial charge in [0, 0.05) is 11.1 Å². The van der Waals surface area contributed by atoms with Crippen LogP contribution in [0.2, 0.25) is 0 Å². The molecule has 0 amide bonds. The zero-order chi connectivity index (χ0) is 10.0. The lowest BCUT2D eigenvalue weighted by molar-refractivity contribution is 0.462. The normalized spacial score (nSPS) is 13.1. The topological polar surface area (TPSA) is 4.93 Å². The molecule has 0 aromatic carbocycles. The van der Waals surface area contributed by atoms with Crippen LogP contribution in [0.3, 0.4) is 0 Å². The Morgan fingerprint density at radius 3 is 2.54 bits per heavy atom. The van der Waals surface area contributed by atoms with Crippen LogP contribution in [0.15, 0.2) is 0 Å². The van der Waals surface area contributed by atoms with Gasteiger partial charge in [0.05, 0.1) is 5.35 Å². The third-order valence-corrected chi connectivity index (χ3v) is 3.62. The van der Waals surface area contributed by atoms with Gasteiger partial charge in [-0.05, 0) is 18.1 Å². The third-order valence-electron chi connectivity index (χ3n) is 2.27. The molecule has 0 aliphatic carbocycles. The van der Waals surface area contributed by atoms with E-state index in [2.05, 4.69) is 31.6 Å². The van der Waals surface area contributed by atoms with Crippen LogP contribution in [-0.4, -0.2) is 4.57 Å². The Bertz CT molecular complexity index is 427. The maximum Gasteiger partial charge on any atom is 0.162 e. The van der Waals surface area contributed by atoms with E-state index in [1.165, 1.54) is 6.42 Å². The van der Waals surface area contributed by atoms with Crippen LogP contribution in [0.1, 0.15) is 20.3 Å². The van der Waals surface area contributed by atoms with E-state index in [4.69, 9.17) is 12.2 Å². The fourth-order valence-electron chi connectivity index (χ4n) is 1.11. The van der Waals surface area contributed by atoms with Crippen LogP contribution in [0, 0.1) is 9.87 Å². The third kappa shape index (κ3) is 2.29. The highest BCUT2D eigenvalue weighted by atomic mass is 32.1. The molecule has 0 radical (unpaired) electrons. The van der Waals surface area contributed by atoms with Crippen molar-refractivity contribution in [3.05, 3.63) is 13.8 Å². The number of hydrogen-bond acceptors (Lipinski definition) is 2. The van der Waals surface area contributed by atoms with Crippen LogP contribution in [0.4, 0.5) is 0 Å². The smallest absolute Gasteiger partial charge is 0.162 e. The summed E-state index contributed by atoms with van der Waals surface area (Å²) in [5, 5.41) is 0.982. The van der Waals surface area contributed by atoms with Gasteiger partial charge in [-0.2, -0.15) is 0 Å². The van der Waals surface area contributed by atoms with Crippen molar-refractivity contribution in [3.63, 3.8) is 0 Å². The van der Waals surface area contributed by atoms with E-state index in [1.54, 1.807) is 11.3 Å². The first-order valence-corrected chi connectivity index (χ1v) is 5.66. The van der Waals surface area contributed by atoms with Crippen molar-refractivity contribution in [1.29, 1.82) is 0 Å². The summed E-state index contributed by atoms with van der Waals surface area (Å²) in [7, 11) is 0. The van der Waals surface area contributed by atoms with Crippen LogP contribution < -0.4 is 9.88 Å². The van der Waals surface area contributed by atoms with Gasteiger partial charge in [-0.15, -0.1) is 11.3 Å². The number of hydrogen-bond donors (Lipinski definition) is 0. The Morgan fingerprint density at radius 2 is 2.15 bits per heavy atom. The number of thiazole rings is 1. The number of nitrogens with zero attached hydrogens (tertiary/aromatic N) is 1. The fraction of sp³-hybridized carbons (Fsp3) is 0.500. The van der Waals surface area contributed by atoms with Gasteiger partial charge in [-0.3, -0.25) is 0 Å². The monoisotopic (exact) mass is 213 g/mol. The average molecular weight is 213 g/mol. The molecular formula is C10H15NS2. The molecule has 3 heteroatoms. The minimum absolute atomic E-state index is 0.654. The standard InChI is InChI=1S/C10H15NS2/c1-5-7(2)6-11-8(3)9(4)13-10(11)12/h7H,3-6H2,1-2H3. The van der Waals surface area contributed by atoms with E-state index in [0.29, 0.717) is 5.92 Å². The molecule has 1 rings (SSSR count). The van der Waals surface area contributed by atoms with Crippen molar-refractivity contribution in [2.75, 3.05) is 0 Å². The van der Waals surface area contributed by atoms with Crippen LogP contribution in [-0.2, 0) is 6.54 Å². The molecule has 0 aliphatic heterocycles. The quantitative estimate of drug-likeness (QED) is 0.697. The maximum atomic E-state index is 5.23.